The van der Waals surface area contributed by atoms with Gasteiger partial charge in [-0.1, -0.05) is 31.1 Å². The second-order valence-electron chi connectivity index (χ2n) is 4.62. The normalized spacial score (nSPS) is 12.1. The molecule has 0 radical (unpaired) electrons. The van der Waals surface area contributed by atoms with Gasteiger partial charge in [0.2, 0.25) is 11.7 Å². The van der Waals surface area contributed by atoms with Gasteiger partial charge in [0.05, 0.1) is 12.1 Å². The van der Waals surface area contributed by atoms with Crippen LogP contribution in [0.4, 0.5) is 13.2 Å². The van der Waals surface area contributed by atoms with Gasteiger partial charge in [-0.15, -0.1) is 0 Å². The van der Waals surface area contributed by atoms with Crippen LogP contribution >= 0.6 is 0 Å². The lowest BCUT2D eigenvalue weighted by atomic mass is 10.1. The molecule has 2 aromatic rings. The quantitative estimate of drug-likeness (QED) is 0.936. The van der Waals surface area contributed by atoms with E-state index in [1.807, 2.05) is 13.8 Å². The minimum Gasteiger partial charge on any atom is -0.338 e. The van der Waals surface area contributed by atoms with E-state index in [0.29, 0.717) is 18.0 Å². The lowest BCUT2D eigenvalue weighted by Gasteiger charge is -2.05. The summed E-state index contributed by atoms with van der Waals surface area (Å²) in [6, 6.07) is 4.92. The predicted octanol–water partition coefficient (Wildman–Crippen LogP) is 3.25. The van der Waals surface area contributed by atoms with E-state index < -0.39 is 11.7 Å². The van der Waals surface area contributed by atoms with Crippen LogP contribution in [-0.4, -0.2) is 16.2 Å². The average Bonchev–Trinajstić information content (AvgIpc) is 2.84. The summed E-state index contributed by atoms with van der Waals surface area (Å²) in [6.07, 6.45) is -4.35. The first kappa shape index (κ1) is 14.5. The van der Waals surface area contributed by atoms with Crippen LogP contribution in [0.3, 0.4) is 0 Å². The van der Waals surface area contributed by atoms with Crippen molar-refractivity contribution in [2.75, 3.05) is 0 Å². The molecule has 0 amide bonds. The third-order valence-electron chi connectivity index (χ3n) is 2.60. The molecule has 0 spiro atoms. The molecule has 1 aromatic carbocycles. The number of nitrogens with zero attached hydrogens (tertiary/aromatic N) is 2. The lowest BCUT2D eigenvalue weighted by molar-refractivity contribution is -0.137. The molecule has 0 aliphatic rings. The molecule has 20 heavy (non-hydrogen) atoms. The monoisotopic (exact) mass is 285 g/mol. The maximum atomic E-state index is 12.4. The maximum absolute atomic E-state index is 12.4. The Hall–Kier alpha value is -1.89. The van der Waals surface area contributed by atoms with Crippen LogP contribution in [0, 0.1) is 0 Å². The number of rotatable bonds is 4. The van der Waals surface area contributed by atoms with Crippen LogP contribution in [0.15, 0.2) is 28.8 Å². The molecule has 1 heterocycles. The van der Waals surface area contributed by atoms with Crippen molar-refractivity contribution in [3.8, 4) is 11.4 Å². The Balaban J connectivity index is 2.12. The van der Waals surface area contributed by atoms with Gasteiger partial charge in [0.25, 0.3) is 0 Å². The Morgan fingerprint density at radius 2 is 1.85 bits per heavy atom. The fourth-order valence-electron chi connectivity index (χ4n) is 1.54. The van der Waals surface area contributed by atoms with Gasteiger partial charge in [-0.25, -0.2) is 0 Å². The summed E-state index contributed by atoms with van der Waals surface area (Å²) in [5.74, 6) is 0.674. The van der Waals surface area contributed by atoms with Crippen molar-refractivity contribution in [3.05, 3.63) is 35.7 Å². The van der Waals surface area contributed by atoms with E-state index in [2.05, 4.69) is 15.5 Å². The molecule has 0 saturated carbocycles. The molecular formula is C13H14F3N3O. The molecule has 108 valence electrons. The molecular weight excluding hydrogens is 271 g/mol. The van der Waals surface area contributed by atoms with E-state index in [4.69, 9.17) is 4.52 Å². The Morgan fingerprint density at radius 3 is 2.40 bits per heavy atom. The third-order valence-corrected chi connectivity index (χ3v) is 2.60. The fraction of sp³-hybridized carbons (Fsp3) is 0.385. The predicted molar refractivity (Wildman–Crippen MR) is 66.7 cm³/mol. The van der Waals surface area contributed by atoms with Crippen LogP contribution in [0.5, 0.6) is 0 Å². The largest absolute Gasteiger partial charge is 0.416 e. The molecule has 0 unspecified atom stereocenters. The third kappa shape index (κ3) is 3.57. The summed E-state index contributed by atoms with van der Waals surface area (Å²) >= 11 is 0. The number of halogens is 3. The number of nitrogens with one attached hydrogen (secondary N) is 1. The van der Waals surface area contributed by atoms with Crippen molar-refractivity contribution >= 4 is 0 Å². The zero-order valence-electron chi connectivity index (χ0n) is 11.0. The first-order valence-corrected chi connectivity index (χ1v) is 6.10. The fourth-order valence-corrected chi connectivity index (χ4v) is 1.54. The minimum absolute atomic E-state index is 0.274. The second kappa shape index (κ2) is 5.62. The van der Waals surface area contributed by atoms with E-state index in [1.54, 1.807) is 0 Å². The van der Waals surface area contributed by atoms with Gasteiger partial charge >= 0.3 is 6.18 Å². The van der Waals surface area contributed by atoms with Gasteiger partial charge in [-0.2, -0.15) is 18.2 Å². The highest BCUT2D eigenvalue weighted by Gasteiger charge is 2.30. The van der Waals surface area contributed by atoms with E-state index in [1.165, 1.54) is 12.1 Å². The topological polar surface area (TPSA) is 51.0 Å². The van der Waals surface area contributed by atoms with Crippen molar-refractivity contribution in [1.82, 2.24) is 15.5 Å². The van der Waals surface area contributed by atoms with Crippen LogP contribution < -0.4 is 5.32 Å². The van der Waals surface area contributed by atoms with Gasteiger partial charge in [0, 0.05) is 11.6 Å². The number of aromatic nitrogens is 2. The Labute approximate surface area is 114 Å². The molecule has 0 aliphatic carbocycles. The van der Waals surface area contributed by atoms with Crippen LogP contribution in [0.1, 0.15) is 25.3 Å². The zero-order chi connectivity index (χ0) is 14.8. The van der Waals surface area contributed by atoms with Crippen molar-refractivity contribution in [3.63, 3.8) is 0 Å². The van der Waals surface area contributed by atoms with Crippen molar-refractivity contribution < 1.29 is 17.7 Å². The molecule has 1 aromatic heterocycles. The molecule has 2 rings (SSSR count). The molecule has 7 heteroatoms. The molecule has 0 saturated heterocycles. The molecule has 1 N–H and O–H groups in total. The second-order valence-corrected chi connectivity index (χ2v) is 4.62. The average molecular weight is 285 g/mol. The highest BCUT2D eigenvalue weighted by molar-refractivity contribution is 5.54. The smallest absolute Gasteiger partial charge is 0.338 e. The Morgan fingerprint density at radius 1 is 1.20 bits per heavy atom. The summed E-state index contributed by atoms with van der Waals surface area (Å²) in [6.45, 7) is 4.38. The van der Waals surface area contributed by atoms with E-state index in [0.717, 1.165) is 12.1 Å². The minimum atomic E-state index is -4.35. The number of alkyl halides is 3. The summed E-state index contributed by atoms with van der Waals surface area (Å²) in [7, 11) is 0. The molecule has 4 nitrogen and oxygen atoms in total. The number of benzene rings is 1. The van der Waals surface area contributed by atoms with Crippen LogP contribution in [0.25, 0.3) is 11.4 Å². The van der Waals surface area contributed by atoms with E-state index >= 15 is 0 Å². The SMILES string of the molecule is CC(C)NCc1nc(-c2ccc(C(F)(F)F)cc2)no1. The zero-order valence-corrected chi connectivity index (χ0v) is 11.0. The van der Waals surface area contributed by atoms with Gasteiger partial charge in [-0.05, 0) is 12.1 Å². The van der Waals surface area contributed by atoms with Crippen LogP contribution in [-0.2, 0) is 12.7 Å². The van der Waals surface area contributed by atoms with Crippen molar-refractivity contribution in [1.29, 1.82) is 0 Å². The molecule has 0 atom stereocenters. The number of hydrogen-bond acceptors (Lipinski definition) is 4. The summed E-state index contributed by atoms with van der Waals surface area (Å²) < 4.78 is 42.4. The molecule has 0 bridgehead atoms. The van der Waals surface area contributed by atoms with Gasteiger partial charge < -0.3 is 9.84 Å². The Bertz CT molecular complexity index is 561. The Kier molecular flexibility index (Phi) is 4.08. The lowest BCUT2D eigenvalue weighted by Crippen LogP contribution is -2.21. The number of hydrogen-bond donors (Lipinski definition) is 1. The van der Waals surface area contributed by atoms with Gasteiger partial charge in [0.15, 0.2) is 0 Å². The maximum Gasteiger partial charge on any atom is 0.416 e. The highest BCUT2D eigenvalue weighted by atomic mass is 19.4. The van der Waals surface area contributed by atoms with Crippen molar-refractivity contribution in [2.24, 2.45) is 0 Å². The standard InChI is InChI=1S/C13H14F3N3O/c1-8(2)17-7-11-18-12(19-20-11)9-3-5-10(6-4-9)13(14,15)16/h3-6,8,17H,7H2,1-2H3. The van der Waals surface area contributed by atoms with Gasteiger partial charge in [-0.3, -0.25) is 0 Å². The first-order chi connectivity index (χ1) is 9.36. The highest BCUT2D eigenvalue weighted by Crippen LogP contribution is 2.30. The molecule has 0 fully saturated rings. The first-order valence-electron chi connectivity index (χ1n) is 6.10. The van der Waals surface area contributed by atoms with Crippen LogP contribution in [0.2, 0.25) is 0 Å². The summed E-state index contributed by atoms with van der Waals surface area (Å²) in [4.78, 5) is 4.12. The van der Waals surface area contributed by atoms with E-state index in [9.17, 15) is 13.2 Å². The summed E-state index contributed by atoms with van der Waals surface area (Å²) in [5.41, 5.74) is -0.219. The van der Waals surface area contributed by atoms with E-state index in [-0.39, 0.29) is 11.9 Å². The summed E-state index contributed by atoms with van der Waals surface area (Å²) in [5, 5.41) is 6.86. The van der Waals surface area contributed by atoms with Gasteiger partial charge in [0.1, 0.15) is 0 Å². The van der Waals surface area contributed by atoms with Crippen molar-refractivity contribution in [2.45, 2.75) is 32.6 Å². The molecule has 0 aliphatic heterocycles.